The molecule has 1 aliphatic heterocycles. The highest BCUT2D eigenvalue weighted by Crippen LogP contribution is 2.33. The van der Waals surface area contributed by atoms with Crippen LogP contribution in [-0.4, -0.2) is 38.9 Å². The zero-order valence-corrected chi connectivity index (χ0v) is 23.6. The number of aryl methyl sites for hydroxylation is 1. The maximum atomic E-state index is 13.5. The van der Waals surface area contributed by atoms with Gasteiger partial charge in [-0.3, -0.25) is 14.2 Å². The number of rotatable bonds is 7. The van der Waals surface area contributed by atoms with E-state index in [1.807, 2.05) is 24.3 Å². The van der Waals surface area contributed by atoms with E-state index in [1.54, 1.807) is 4.90 Å². The second-order valence-electron chi connectivity index (χ2n) is 9.16. The number of carbonyl (C=O) groups excluding carboxylic acids is 2. The Balaban J connectivity index is 1.41. The van der Waals surface area contributed by atoms with Crippen LogP contribution < -0.4 is 10.2 Å². The highest BCUT2D eigenvalue weighted by molar-refractivity contribution is 7.99. The number of thioether (sulfide) groups is 1. The van der Waals surface area contributed by atoms with Crippen LogP contribution in [0.2, 0.25) is 10.0 Å². The van der Waals surface area contributed by atoms with Crippen LogP contribution in [0, 0.1) is 0 Å². The third kappa shape index (κ3) is 6.52. The number of nitrogens with one attached hydrogen (secondary N) is 1. The molecule has 13 heteroatoms. The van der Waals surface area contributed by atoms with Crippen molar-refractivity contribution < 1.29 is 22.8 Å². The molecule has 0 unspecified atom stereocenters. The van der Waals surface area contributed by atoms with E-state index in [2.05, 4.69) is 15.5 Å². The highest BCUT2D eigenvalue weighted by atomic mass is 35.5. The minimum absolute atomic E-state index is 0.0157. The van der Waals surface area contributed by atoms with Crippen LogP contribution in [0.3, 0.4) is 0 Å². The summed E-state index contributed by atoms with van der Waals surface area (Å²) in [5.41, 5.74) is 1.39. The highest BCUT2D eigenvalue weighted by Gasteiger charge is 2.31. The smallest absolute Gasteiger partial charge is 0.345 e. The third-order valence-corrected chi connectivity index (χ3v) is 7.91. The summed E-state index contributed by atoms with van der Waals surface area (Å²) in [6, 6.07) is 16.8. The molecule has 4 aromatic rings. The molecule has 0 saturated carbocycles. The molecule has 5 rings (SSSR count). The summed E-state index contributed by atoms with van der Waals surface area (Å²) in [6.45, 7) is 0.399. The van der Waals surface area contributed by atoms with Gasteiger partial charge >= 0.3 is 6.18 Å². The van der Waals surface area contributed by atoms with Crippen molar-refractivity contribution in [2.45, 2.75) is 30.7 Å². The van der Waals surface area contributed by atoms with Gasteiger partial charge < -0.3 is 10.2 Å². The molecule has 1 aliphatic rings. The Morgan fingerprint density at radius 2 is 1.80 bits per heavy atom. The molecule has 3 aromatic carbocycles. The molecule has 7 nitrogen and oxygen atoms in total. The van der Waals surface area contributed by atoms with E-state index in [1.165, 1.54) is 34.9 Å². The quantitative estimate of drug-likeness (QED) is 0.236. The first-order valence-corrected chi connectivity index (χ1v) is 14.2. The van der Waals surface area contributed by atoms with E-state index in [0.717, 1.165) is 48.0 Å². The van der Waals surface area contributed by atoms with Crippen LogP contribution in [-0.2, 0) is 23.9 Å². The van der Waals surface area contributed by atoms with Crippen molar-refractivity contribution in [1.82, 2.24) is 20.1 Å². The van der Waals surface area contributed by atoms with E-state index < -0.39 is 17.6 Å². The predicted octanol–water partition coefficient (Wildman–Crippen LogP) is 6.59. The van der Waals surface area contributed by atoms with Crippen molar-refractivity contribution in [3.63, 3.8) is 0 Å². The Hall–Kier alpha value is -3.54. The number of amides is 2. The number of fused-ring (bicyclic) bond motifs is 1. The average Bonchev–Trinajstić information content (AvgIpc) is 3.36. The van der Waals surface area contributed by atoms with Crippen LogP contribution >= 0.6 is 35.0 Å². The monoisotopic (exact) mass is 619 g/mol. The van der Waals surface area contributed by atoms with Gasteiger partial charge in [-0.1, -0.05) is 59.2 Å². The lowest BCUT2D eigenvalue weighted by atomic mass is 10.0. The van der Waals surface area contributed by atoms with Crippen molar-refractivity contribution in [2.75, 3.05) is 17.2 Å². The number of alkyl halides is 3. The van der Waals surface area contributed by atoms with Crippen LogP contribution in [0.25, 0.3) is 5.69 Å². The second-order valence-corrected chi connectivity index (χ2v) is 10.9. The number of hydrogen-bond donors (Lipinski definition) is 1. The zero-order valence-electron chi connectivity index (χ0n) is 21.3. The first-order valence-electron chi connectivity index (χ1n) is 12.5. The van der Waals surface area contributed by atoms with Gasteiger partial charge in [-0.15, -0.1) is 10.2 Å². The van der Waals surface area contributed by atoms with Crippen LogP contribution in [0.1, 0.15) is 33.7 Å². The number of para-hydroxylation sites is 1. The lowest BCUT2D eigenvalue weighted by Crippen LogP contribution is -2.36. The fourth-order valence-corrected chi connectivity index (χ4v) is 5.86. The molecule has 212 valence electrons. The fraction of sp³-hybridized carbons (Fsp3) is 0.214. The van der Waals surface area contributed by atoms with Crippen molar-refractivity contribution >= 4 is 52.5 Å². The maximum Gasteiger partial charge on any atom is 0.416 e. The number of aromatic nitrogens is 3. The van der Waals surface area contributed by atoms with Crippen LogP contribution in [0.15, 0.2) is 71.9 Å². The lowest BCUT2D eigenvalue weighted by Gasteiger charge is -2.29. The molecule has 0 bridgehead atoms. The Labute approximate surface area is 247 Å². The molecule has 41 heavy (non-hydrogen) atoms. The molecule has 0 spiro atoms. The molecular weight excluding hydrogens is 598 g/mol. The normalized spacial score (nSPS) is 13.1. The Bertz CT molecular complexity index is 1610. The minimum Gasteiger partial charge on any atom is -0.345 e. The first-order chi connectivity index (χ1) is 19.6. The van der Waals surface area contributed by atoms with E-state index >= 15 is 0 Å². The minimum atomic E-state index is -4.57. The van der Waals surface area contributed by atoms with Crippen LogP contribution in [0.5, 0.6) is 0 Å². The van der Waals surface area contributed by atoms with Gasteiger partial charge in [-0.25, -0.2) is 0 Å². The molecule has 1 N–H and O–H groups in total. The molecule has 0 aliphatic carbocycles. The molecule has 0 saturated heterocycles. The second kappa shape index (κ2) is 12.1. The summed E-state index contributed by atoms with van der Waals surface area (Å²) in [6.07, 6.45) is -2.86. The van der Waals surface area contributed by atoms with Gasteiger partial charge in [0.2, 0.25) is 5.91 Å². The molecule has 0 fully saturated rings. The molecular formula is C28H22Cl2F3N5O2S. The van der Waals surface area contributed by atoms with Gasteiger partial charge in [0.15, 0.2) is 11.0 Å². The van der Waals surface area contributed by atoms with Gasteiger partial charge in [-0.2, -0.15) is 13.2 Å². The van der Waals surface area contributed by atoms with Crippen molar-refractivity contribution in [3.05, 3.63) is 99.3 Å². The number of benzene rings is 3. The van der Waals surface area contributed by atoms with E-state index in [-0.39, 0.29) is 45.5 Å². The summed E-state index contributed by atoms with van der Waals surface area (Å²) in [5, 5.41) is 11.7. The zero-order chi connectivity index (χ0) is 29.1. The fourth-order valence-electron chi connectivity index (χ4n) is 4.51. The van der Waals surface area contributed by atoms with Crippen molar-refractivity contribution in [1.29, 1.82) is 0 Å². The largest absolute Gasteiger partial charge is 0.416 e. The van der Waals surface area contributed by atoms with Gasteiger partial charge in [0.25, 0.3) is 5.91 Å². The summed E-state index contributed by atoms with van der Waals surface area (Å²) >= 11 is 13.1. The van der Waals surface area contributed by atoms with E-state index in [4.69, 9.17) is 23.2 Å². The molecule has 2 amide bonds. The molecule has 0 radical (unpaired) electrons. The van der Waals surface area contributed by atoms with Crippen LogP contribution in [0.4, 0.5) is 18.9 Å². The topological polar surface area (TPSA) is 80.1 Å². The predicted molar refractivity (Wildman–Crippen MR) is 152 cm³/mol. The summed E-state index contributed by atoms with van der Waals surface area (Å²) in [5.74, 6) is -0.537. The summed E-state index contributed by atoms with van der Waals surface area (Å²) in [7, 11) is 0. The SMILES string of the molecule is O=C(NCc1nnc(SCC(=O)N2CCCc3ccccc32)n1-c1cccc(C(F)(F)F)c1)c1ccc(Cl)cc1Cl. The maximum absolute atomic E-state index is 13.5. The number of anilines is 1. The van der Waals surface area contributed by atoms with Crippen molar-refractivity contribution in [2.24, 2.45) is 0 Å². The Morgan fingerprint density at radius 3 is 2.59 bits per heavy atom. The molecule has 2 heterocycles. The van der Waals surface area contributed by atoms with Gasteiger partial charge in [0.1, 0.15) is 0 Å². The number of carbonyl (C=O) groups is 2. The number of hydrogen-bond acceptors (Lipinski definition) is 5. The summed E-state index contributed by atoms with van der Waals surface area (Å²) < 4.78 is 42.0. The average molecular weight is 620 g/mol. The Morgan fingerprint density at radius 1 is 1.00 bits per heavy atom. The van der Waals surface area contributed by atoms with Gasteiger partial charge in [0.05, 0.1) is 34.1 Å². The van der Waals surface area contributed by atoms with Gasteiger partial charge in [0, 0.05) is 17.3 Å². The summed E-state index contributed by atoms with van der Waals surface area (Å²) in [4.78, 5) is 27.7. The number of halogens is 5. The van der Waals surface area contributed by atoms with Gasteiger partial charge in [-0.05, 0) is 60.9 Å². The van der Waals surface area contributed by atoms with E-state index in [0.29, 0.717) is 11.6 Å². The molecule has 1 aromatic heterocycles. The third-order valence-electron chi connectivity index (χ3n) is 6.45. The molecule has 0 atom stereocenters. The number of nitrogens with zero attached hydrogens (tertiary/aromatic N) is 4. The lowest BCUT2D eigenvalue weighted by molar-refractivity contribution is -0.137. The first kappa shape index (κ1) is 29.0. The van der Waals surface area contributed by atoms with Crippen molar-refractivity contribution in [3.8, 4) is 5.69 Å². The van der Waals surface area contributed by atoms with E-state index in [9.17, 15) is 22.8 Å². The Kier molecular flexibility index (Phi) is 8.58. The standard InChI is InChI=1S/C28H22Cl2F3N5O2S/c29-19-10-11-21(22(30)14-19)26(40)34-15-24-35-36-27(38(24)20-8-3-7-18(13-20)28(31,32)33)41-16-25(39)37-12-4-6-17-5-1-2-9-23(17)37/h1-3,5,7-11,13-14H,4,6,12,15-16H2,(H,34,40).